The van der Waals surface area contributed by atoms with Crippen LogP contribution in [0.25, 0.3) is 6.08 Å². The minimum absolute atomic E-state index is 0.141. The first kappa shape index (κ1) is 21.9. The van der Waals surface area contributed by atoms with Gasteiger partial charge in [0.1, 0.15) is 15.8 Å². The van der Waals surface area contributed by atoms with Crippen LogP contribution in [0.5, 0.6) is 11.5 Å². The third-order valence-corrected chi connectivity index (χ3v) is 5.81. The molecule has 1 fully saturated rings. The lowest BCUT2D eigenvalue weighted by Gasteiger charge is -2.14. The van der Waals surface area contributed by atoms with Crippen LogP contribution in [0.2, 0.25) is 0 Å². The second-order valence-corrected chi connectivity index (χ2v) is 8.14. The van der Waals surface area contributed by atoms with Gasteiger partial charge in [0, 0.05) is 13.0 Å². The molecule has 2 aromatic rings. The van der Waals surface area contributed by atoms with Gasteiger partial charge in [-0.25, -0.2) is 0 Å². The summed E-state index contributed by atoms with van der Waals surface area (Å²) in [5.41, 5.74) is 1.49. The first-order valence-electron chi connectivity index (χ1n) is 9.34. The highest BCUT2D eigenvalue weighted by Gasteiger charge is 2.31. The van der Waals surface area contributed by atoms with Crippen LogP contribution < -0.4 is 14.8 Å². The van der Waals surface area contributed by atoms with E-state index in [1.165, 1.54) is 11.8 Å². The van der Waals surface area contributed by atoms with Crippen LogP contribution in [-0.2, 0) is 9.59 Å². The maximum Gasteiger partial charge on any atom is 0.266 e. The second-order valence-electron chi connectivity index (χ2n) is 6.46. The standard InChI is InChI=1S/C22H22N2O4S2/c1-27-16-8-5-7-15(13-16)14-19-21(26)24(22(29)30-19)12-6-11-20(25)23-17-9-3-4-10-18(17)28-2/h3-5,7-10,13-14H,6,11-12H2,1-2H3,(H,23,25). The van der Waals surface area contributed by atoms with Gasteiger partial charge >= 0.3 is 0 Å². The van der Waals surface area contributed by atoms with E-state index in [9.17, 15) is 9.59 Å². The fourth-order valence-electron chi connectivity index (χ4n) is 2.93. The van der Waals surface area contributed by atoms with Crippen LogP contribution in [-0.4, -0.2) is 41.8 Å². The average Bonchev–Trinajstić information content (AvgIpc) is 3.01. The Morgan fingerprint density at radius 2 is 1.97 bits per heavy atom. The monoisotopic (exact) mass is 442 g/mol. The Kier molecular flexibility index (Phi) is 7.48. The van der Waals surface area contributed by atoms with Crippen LogP contribution in [0.15, 0.2) is 53.4 Å². The maximum absolute atomic E-state index is 12.7. The lowest BCUT2D eigenvalue weighted by atomic mass is 10.2. The lowest BCUT2D eigenvalue weighted by Crippen LogP contribution is -2.29. The molecule has 1 aliphatic heterocycles. The average molecular weight is 443 g/mol. The number of thioether (sulfide) groups is 1. The van der Waals surface area contributed by atoms with Crippen LogP contribution in [0.3, 0.4) is 0 Å². The minimum atomic E-state index is -0.142. The second kappa shape index (κ2) is 10.3. The molecule has 0 spiro atoms. The molecule has 0 aliphatic carbocycles. The number of rotatable bonds is 8. The van der Waals surface area contributed by atoms with E-state index in [-0.39, 0.29) is 18.2 Å². The zero-order chi connectivity index (χ0) is 21.5. The van der Waals surface area contributed by atoms with Gasteiger partial charge in [-0.15, -0.1) is 0 Å². The normalized spacial score (nSPS) is 14.9. The zero-order valence-electron chi connectivity index (χ0n) is 16.7. The number of thiocarbonyl (C=S) groups is 1. The topological polar surface area (TPSA) is 67.9 Å². The van der Waals surface area contributed by atoms with Crippen molar-refractivity contribution in [2.75, 3.05) is 26.1 Å². The first-order chi connectivity index (χ1) is 14.5. The van der Waals surface area contributed by atoms with E-state index in [1.807, 2.05) is 36.4 Å². The van der Waals surface area contributed by atoms with Crippen molar-refractivity contribution in [1.29, 1.82) is 0 Å². The van der Waals surface area contributed by atoms with Gasteiger partial charge in [-0.1, -0.05) is 48.2 Å². The van der Waals surface area contributed by atoms with Crippen molar-refractivity contribution in [3.8, 4) is 11.5 Å². The molecular formula is C22H22N2O4S2. The molecule has 0 saturated carbocycles. The highest BCUT2D eigenvalue weighted by Crippen LogP contribution is 2.33. The molecule has 3 rings (SSSR count). The zero-order valence-corrected chi connectivity index (χ0v) is 18.3. The van der Waals surface area contributed by atoms with Crippen molar-refractivity contribution in [3.05, 3.63) is 59.0 Å². The summed E-state index contributed by atoms with van der Waals surface area (Å²) >= 11 is 6.63. The predicted octanol–water partition coefficient (Wildman–Crippen LogP) is 4.32. The number of para-hydroxylation sites is 2. The van der Waals surface area contributed by atoms with E-state index in [0.717, 1.165) is 11.3 Å². The Morgan fingerprint density at radius 3 is 2.73 bits per heavy atom. The third kappa shape index (κ3) is 5.40. The summed E-state index contributed by atoms with van der Waals surface area (Å²) in [6, 6.07) is 14.7. The molecular weight excluding hydrogens is 420 g/mol. The molecule has 1 N–H and O–H groups in total. The Balaban J connectivity index is 1.55. The van der Waals surface area contributed by atoms with E-state index in [2.05, 4.69) is 5.32 Å². The van der Waals surface area contributed by atoms with Crippen molar-refractivity contribution in [2.24, 2.45) is 0 Å². The summed E-state index contributed by atoms with van der Waals surface area (Å²) in [5, 5.41) is 2.83. The number of hydrogen-bond acceptors (Lipinski definition) is 6. The molecule has 2 amide bonds. The van der Waals surface area contributed by atoms with Gasteiger partial charge in [0.25, 0.3) is 5.91 Å². The molecule has 0 bridgehead atoms. The molecule has 8 heteroatoms. The Morgan fingerprint density at radius 1 is 1.17 bits per heavy atom. The molecule has 0 aromatic heterocycles. The number of nitrogens with one attached hydrogen (secondary N) is 1. The minimum Gasteiger partial charge on any atom is -0.497 e. The predicted molar refractivity (Wildman–Crippen MR) is 124 cm³/mol. The fraction of sp³-hybridized carbons (Fsp3) is 0.227. The van der Waals surface area contributed by atoms with Gasteiger partial charge in [-0.2, -0.15) is 0 Å². The summed E-state index contributed by atoms with van der Waals surface area (Å²) in [5.74, 6) is 1.04. The summed E-state index contributed by atoms with van der Waals surface area (Å²) < 4.78 is 11.0. The summed E-state index contributed by atoms with van der Waals surface area (Å²) in [6.07, 6.45) is 2.57. The number of hydrogen-bond donors (Lipinski definition) is 1. The van der Waals surface area contributed by atoms with E-state index in [4.69, 9.17) is 21.7 Å². The summed E-state index contributed by atoms with van der Waals surface area (Å²) in [7, 11) is 3.15. The molecule has 2 aromatic carbocycles. The van der Waals surface area contributed by atoms with Gasteiger partial charge in [0.2, 0.25) is 5.91 Å². The number of anilines is 1. The molecule has 0 unspecified atom stereocenters. The Hall–Kier alpha value is -2.84. The Labute approximate surface area is 185 Å². The van der Waals surface area contributed by atoms with Crippen LogP contribution >= 0.6 is 24.0 Å². The Bertz CT molecular complexity index is 991. The van der Waals surface area contributed by atoms with Crippen molar-refractivity contribution < 1.29 is 19.1 Å². The highest BCUT2D eigenvalue weighted by molar-refractivity contribution is 8.26. The molecule has 1 aliphatic rings. The quantitative estimate of drug-likeness (QED) is 0.485. The molecule has 1 heterocycles. The molecule has 0 radical (unpaired) electrons. The van der Waals surface area contributed by atoms with Gasteiger partial charge < -0.3 is 14.8 Å². The van der Waals surface area contributed by atoms with E-state index in [0.29, 0.717) is 33.6 Å². The third-order valence-electron chi connectivity index (χ3n) is 4.43. The van der Waals surface area contributed by atoms with Gasteiger partial charge in [-0.05, 0) is 42.3 Å². The van der Waals surface area contributed by atoms with E-state index >= 15 is 0 Å². The largest absolute Gasteiger partial charge is 0.497 e. The number of amides is 2. The number of ether oxygens (including phenoxy) is 2. The SMILES string of the molecule is COc1cccc(C=C2SC(=S)N(CCCC(=O)Nc3ccccc3OC)C2=O)c1. The molecule has 156 valence electrons. The van der Waals surface area contributed by atoms with Crippen molar-refractivity contribution in [2.45, 2.75) is 12.8 Å². The molecule has 0 atom stereocenters. The summed E-state index contributed by atoms with van der Waals surface area (Å²) in [6.45, 7) is 0.388. The lowest BCUT2D eigenvalue weighted by molar-refractivity contribution is -0.122. The van der Waals surface area contributed by atoms with Gasteiger partial charge in [0.15, 0.2) is 0 Å². The smallest absolute Gasteiger partial charge is 0.266 e. The molecule has 1 saturated heterocycles. The van der Waals surface area contributed by atoms with Crippen molar-refractivity contribution in [1.82, 2.24) is 4.90 Å². The van der Waals surface area contributed by atoms with Gasteiger partial charge in [-0.3, -0.25) is 14.5 Å². The fourth-order valence-corrected chi connectivity index (χ4v) is 4.24. The number of benzene rings is 2. The highest BCUT2D eigenvalue weighted by atomic mass is 32.2. The van der Waals surface area contributed by atoms with Crippen molar-refractivity contribution in [3.63, 3.8) is 0 Å². The number of nitrogens with zero attached hydrogens (tertiary/aromatic N) is 1. The maximum atomic E-state index is 12.7. The molecule has 30 heavy (non-hydrogen) atoms. The number of carbonyl (C=O) groups excluding carboxylic acids is 2. The van der Waals surface area contributed by atoms with E-state index in [1.54, 1.807) is 37.3 Å². The van der Waals surface area contributed by atoms with Crippen LogP contribution in [0, 0.1) is 0 Å². The first-order valence-corrected chi connectivity index (χ1v) is 10.6. The van der Waals surface area contributed by atoms with E-state index < -0.39 is 0 Å². The van der Waals surface area contributed by atoms with Crippen LogP contribution in [0.1, 0.15) is 18.4 Å². The number of carbonyl (C=O) groups is 2. The van der Waals surface area contributed by atoms with Crippen LogP contribution in [0.4, 0.5) is 5.69 Å². The number of methoxy groups -OCH3 is 2. The van der Waals surface area contributed by atoms with Crippen molar-refractivity contribution >= 4 is 51.9 Å². The summed E-state index contributed by atoms with van der Waals surface area (Å²) in [4.78, 5) is 27.1. The van der Waals surface area contributed by atoms with Gasteiger partial charge in [0.05, 0.1) is 24.8 Å². The molecule has 6 nitrogen and oxygen atoms in total.